The highest BCUT2D eigenvalue weighted by Gasteiger charge is 2.01. The van der Waals surface area contributed by atoms with Crippen LogP contribution >= 0.6 is 0 Å². The van der Waals surface area contributed by atoms with Crippen LogP contribution in [0.1, 0.15) is 12.0 Å². The summed E-state index contributed by atoms with van der Waals surface area (Å²) in [4.78, 5) is 0. The van der Waals surface area contributed by atoms with E-state index in [1.54, 1.807) is 12.1 Å². The van der Waals surface area contributed by atoms with Crippen LogP contribution in [0.4, 0.5) is 0 Å². The molecule has 0 aliphatic carbocycles. The van der Waals surface area contributed by atoms with Gasteiger partial charge in [-0.1, -0.05) is 12.1 Å². The molecule has 0 bridgehead atoms. The van der Waals surface area contributed by atoms with E-state index < -0.39 is 6.29 Å². The summed E-state index contributed by atoms with van der Waals surface area (Å²) in [6, 6.07) is 6.93. The fraction of sp³-hybridized carbons (Fsp3) is 0.400. The summed E-state index contributed by atoms with van der Waals surface area (Å²) in [7, 11) is 1.47. The van der Waals surface area contributed by atoms with E-state index in [-0.39, 0.29) is 5.75 Å². The molecular formula is C10H14O3. The average Bonchev–Trinajstić information content (AvgIpc) is 2.16. The number of benzene rings is 1. The minimum atomic E-state index is -0.700. The second kappa shape index (κ2) is 4.84. The third kappa shape index (κ3) is 3.44. The SMILES string of the molecule is CO[C@H](O)CCc1ccc(O)cc1. The summed E-state index contributed by atoms with van der Waals surface area (Å²) in [6.45, 7) is 0. The Morgan fingerprint density at radius 1 is 1.31 bits per heavy atom. The quantitative estimate of drug-likeness (QED) is 0.690. The van der Waals surface area contributed by atoms with E-state index in [0.29, 0.717) is 6.42 Å². The van der Waals surface area contributed by atoms with Crippen molar-refractivity contribution in [1.82, 2.24) is 0 Å². The van der Waals surface area contributed by atoms with Crippen molar-refractivity contribution in [2.24, 2.45) is 0 Å². The van der Waals surface area contributed by atoms with Crippen LogP contribution in [0.2, 0.25) is 0 Å². The summed E-state index contributed by atoms with van der Waals surface area (Å²) >= 11 is 0. The monoisotopic (exact) mass is 182 g/mol. The molecule has 0 amide bonds. The van der Waals surface area contributed by atoms with E-state index in [2.05, 4.69) is 0 Å². The Kier molecular flexibility index (Phi) is 3.73. The van der Waals surface area contributed by atoms with Gasteiger partial charge in [-0.3, -0.25) is 0 Å². The maximum atomic E-state index is 9.10. The predicted molar refractivity (Wildman–Crippen MR) is 49.4 cm³/mol. The molecular weight excluding hydrogens is 168 g/mol. The lowest BCUT2D eigenvalue weighted by atomic mass is 10.1. The zero-order valence-corrected chi connectivity index (χ0v) is 7.60. The Balaban J connectivity index is 2.41. The van der Waals surface area contributed by atoms with Crippen LogP contribution in [0.15, 0.2) is 24.3 Å². The first kappa shape index (κ1) is 10.0. The molecule has 0 saturated carbocycles. The number of methoxy groups -OCH3 is 1. The van der Waals surface area contributed by atoms with Gasteiger partial charge in [0.1, 0.15) is 5.75 Å². The second-order valence-electron chi connectivity index (χ2n) is 2.90. The first-order valence-electron chi connectivity index (χ1n) is 4.21. The molecule has 13 heavy (non-hydrogen) atoms. The lowest BCUT2D eigenvalue weighted by molar-refractivity contribution is -0.0777. The van der Waals surface area contributed by atoms with Gasteiger partial charge in [0.25, 0.3) is 0 Å². The molecule has 0 fully saturated rings. The van der Waals surface area contributed by atoms with Crippen LogP contribution in [0.5, 0.6) is 5.75 Å². The first-order chi connectivity index (χ1) is 6.22. The van der Waals surface area contributed by atoms with Crippen LogP contribution in [0.25, 0.3) is 0 Å². The molecule has 0 radical (unpaired) electrons. The maximum Gasteiger partial charge on any atom is 0.154 e. The number of aromatic hydroxyl groups is 1. The van der Waals surface area contributed by atoms with Gasteiger partial charge in [-0.15, -0.1) is 0 Å². The minimum Gasteiger partial charge on any atom is -0.508 e. The molecule has 0 spiro atoms. The topological polar surface area (TPSA) is 49.7 Å². The second-order valence-corrected chi connectivity index (χ2v) is 2.90. The number of phenolic OH excluding ortho intramolecular Hbond substituents is 1. The van der Waals surface area contributed by atoms with Gasteiger partial charge in [0.05, 0.1) is 0 Å². The molecule has 1 atom stereocenters. The van der Waals surface area contributed by atoms with E-state index in [9.17, 15) is 0 Å². The predicted octanol–water partition coefficient (Wildman–Crippen LogP) is 1.29. The van der Waals surface area contributed by atoms with Crippen molar-refractivity contribution in [2.75, 3.05) is 7.11 Å². The van der Waals surface area contributed by atoms with E-state index in [0.717, 1.165) is 12.0 Å². The van der Waals surface area contributed by atoms with Gasteiger partial charge < -0.3 is 14.9 Å². The summed E-state index contributed by atoms with van der Waals surface area (Å²) in [5.41, 5.74) is 1.08. The average molecular weight is 182 g/mol. The van der Waals surface area contributed by atoms with Crippen LogP contribution < -0.4 is 0 Å². The van der Waals surface area contributed by atoms with Gasteiger partial charge in [-0.05, 0) is 24.1 Å². The van der Waals surface area contributed by atoms with E-state index in [1.165, 1.54) is 7.11 Å². The molecule has 1 rings (SSSR count). The van der Waals surface area contributed by atoms with Crippen molar-refractivity contribution in [3.05, 3.63) is 29.8 Å². The number of aliphatic hydroxyl groups excluding tert-OH is 1. The highest BCUT2D eigenvalue weighted by atomic mass is 16.6. The van der Waals surface area contributed by atoms with Gasteiger partial charge in [0, 0.05) is 13.5 Å². The molecule has 1 aromatic carbocycles. The van der Waals surface area contributed by atoms with Crippen molar-refractivity contribution < 1.29 is 14.9 Å². The van der Waals surface area contributed by atoms with Gasteiger partial charge in [-0.2, -0.15) is 0 Å². The van der Waals surface area contributed by atoms with Crippen LogP contribution in [-0.2, 0) is 11.2 Å². The van der Waals surface area contributed by atoms with E-state index >= 15 is 0 Å². The number of rotatable bonds is 4. The van der Waals surface area contributed by atoms with Crippen LogP contribution in [0.3, 0.4) is 0 Å². The smallest absolute Gasteiger partial charge is 0.154 e. The van der Waals surface area contributed by atoms with Crippen LogP contribution in [0, 0.1) is 0 Å². The molecule has 0 unspecified atom stereocenters. The summed E-state index contributed by atoms with van der Waals surface area (Å²) < 4.78 is 4.70. The van der Waals surface area contributed by atoms with Crippen molar-refractivity contribution in [2.45, 2.75) is 19.1 Å². The number of aryl methyl sites for hydroxylation is 1. The summed E-state index contributed by atoms with van der Waals surface area (Å²) in [5, 5.41) is 18.1. The molecule has 0 heterocycles. The summed E-state index contributed by atoms with van der Waals surface area (Å²) in [6.07, 6.45) is 0.616. The molecule has 0 aliphatic heterocycles. The Labute approximate surface area is 77.6 Å². The lowest BCUT2D eigenvalue weighted by Gasteiger charge is -2.07. The fourth-order valence-electron chi connectivity index (χ4n) is 1.07. The Hall–Kier alpha value is -1.06. The number of hydrogen-bond donors (Lipinski definition) is 2. The van der Waals surface area contributed by atoms with E-state index in [1.807, 2.05) is 12.1 Å². The normalized spacial score (nSPS) is 12.8. The lowest BCUT2D eigenvalue weighted by Crippen LogP contribution is -2.09. The van der Waals surface area contributed by atoms with Crippen molar-refractivity contribution in [3.63, 3.8) is 0 Å². The minimum absolute atomic E-state index is 0.260. The van der Waals surface area contributed by atoms with Gasteiger partial charge in [0.2, 0.25) is 0 Å². The number of ether oxygens (including phenoxy) is 1. The van der Waals surface area contributed by atoms with Gasteiger partial charge in [-0.25, -0.2) is 0 Å². The molecule has 3 heteroatoms. The van der Waals surface area contributed by atoms with E-state index in [4.69, 9.17) is 14.9 Å². The third-order valence-electron chi connectivity index (χ3n) is 1.89. The highest BCUT2D eigenvalue weighted by Crippen LogP contribution is 2.11. The van der Waals surface area contributed by atoms with Crippen molar-refractivity contribution >= 4 is 0 Å². The molecule has 0 aromatic heterocycles. The third-order valence-corrected chi connectivity index (χ3v) is 1.89. The van der Waals surface area contributed by atoms with Crippen molar-refractivity contribution in [3.8, 4) is 5.75 Å². The molecule has 72 valence electrons. The summed E-state index contributed by atoms with van der Waals surface area (Å²) in [5.74, 6) is 0.260. The molecule has 0 aliphatic rings. The first-order valence-corrected chi connectivity index (χ1v) is 4.21. The van der Waals surface area contributed by atoms with Gasteiger partial charge in [0.15, 0.2) is 6.29 Å². The molecule has 1 aromatic rings. The maximum absolute atomic E-state index is 9.10. The Morgan fingerprint density at radius 3 is 2.46 bits per heavy atom. The van der Waals surface area contributed by atoms with Gasteiger partial charge >= 0.3 is 0 Å². The fourth-order valence-corrected chi connectivity index (χ4v) is 1.07. The van der Waals surface area contributed by atoms with Crippen LogP contribution in [-0.4, -0.2) is 23.6 Å². The Morgan fingerprint density at radius 2 is 1.92 bits per heavy atom. The standard InChI is InChI=1S/C10H14O3/c1-13-10(12)7-4-8-2-5-9(11)6-3-8/h2-3,5-6,10-12H,4,7H2,1H3/t10-/m0/s1. The van der Waals surface area contributed by atoms with Crippen molar-refractivity contribution in [1.29, 1.82) is 0 Å². The molecule has 0 saturated heterocycles. The number of aliphatic hydroxyl groups is 1. The zero-order chi connectivity index (χ0) is 9.68. The Bertz CT molecular complexity index is 243. The molecule has 2 N–H and O–H groups in total. The number of hydrogen-bond acceptors (Lipinski definition) is 3. The number of phenols is 1. The molecule has 3 nitrogen and oxygen atoms in total. The largest absolute Gasteiger partial charge is 0.508 e. The zero-order valence-electron chi connectivity index (χ0n) is 7.60. The highest BCUT2D eigenvalue weighted by molar-refractivity contribution is 5.25.